The van der Waals surface area contributed by atoms with Crippen molar-refractivity contribution in [1.29, 1.82) is 0 Å². The van der Waals surface area contributed by atoms with Crippen LogP contribution in [0.25, 0.3) is 38.8 Å². The fourth-order valence-corrected chi connectivity index (χ4v) is 7.38. The summed E-state index contributed by atoms with van der Waals surface area (Å²) in [4.78, 5) is 16.4. The van der Waals surface area contributed by atoms with Crippen molar-refractivity contribution in [3.8, 4) is 11.1 Å². The van der Waals surface area contributed by atoms with Crippen LogP contribution in [-0.2, 0) is 13.1 Å². The van der Waals surface area contributed by atoms with Gasteiger partial charge in [0.25, 0.3) is 0 Å². The fraction of sp³-hybridized carbons (Fsp3) is 0.0465. The van der Waals surface area contributed by atoms with E-state index >= 15 is 0 Å². The van der Waals surface area contributed by atoms with Gasteiger partial charge in [0.1, 0.15) is 5.82 Å². The molecule has 2 heterocycles. The molecule has 1 aromatic heterocycles. The third-order valence-corrected chi connectivity index (χ3v) is 9.63. The second-order valence-corrected chi connectivity index (χ2v) is 13.0. The van der Waals surface area contributed by atoms with Gasteiger partial charge in [0.2, 0.25) is 0 Å². The Balaban J connectivity index is 1.38. The minimum atomic E-state index is 0.428. The molecule has 0 amide bonds. The van der Waals surface area contributed by atoms with Gasteiger partial charge in [-0.2, -0.15) is 0 Å². The van der Waals surface area contributed by atoms with Crippen molar-refractivity contribution in [2.45, 2.75) is 13.1 Å². The van der Waals surface area contributed by atoms with Crippen molar-refractivity contribution < 1.29 is 0 Å². The maximum atomic E-state index is 6.49. The number of fused-ring (bicyclic) bond motifs is 7. The van der Waals surface area contributed by atoms with Gasteiger partial charge in [-0.25, -0.2) is 4.99 Å². The van der Waals surface area contributed by atoms with E-state index < -0.39 is 0 Å². The number of nitrogens with zero attached hydrogens (tertiary/aromatic N) is 5. The van der Waals surface area contributed by atoms with E-state index in [9.17, 15) is 0 Å². The first-order chi connectivity index (χ1) is 24.5. The van der Waals surface area contributed by atoms with Crippen molar-refractivity contribution in [3.05, 3.63) is 166 Å². The Morgan fingerprint density at radius 2 is 1.48 bits per heavy atom. The smallest absolute Gasteiger partial charge is 0.138 e. The van der Waals surface area contributed by atoms with Crippen molar-refractivity contribution in [2.24, 2.45) is 15.0 Å². The van der Waals surface area contributed by atoms with Gasteiger partial charge < -0.3 is 4.90 Å². The molecule has 0 atom stereocenters. The molecule has 8 rings (SSSR count). The zero-order valence-corrected chi connectivity index (χ0v) is 28.6. The van der Waals surface area contributed by atoms with E-state index in [1.807, 2.05) is 72.8 Å². The van der Waals surface area contributed by atoms with Gasteiger partial charge >= 0.3 is 0 Å². The third kappa shape index (κ3) is 5.61. The van der Waals surface area contributed by atoms with Crippen LogP contribution in [0.15, 0.2) is 155 Å². The van der Waals surface area contributed by atoms with Gasteiger partial charge in [0, 0.05) is 44.6 Å². The molecule has 0 unspecified atom stereocenters. The van der Waals surface area contributed by atoms with Gasteiger partial charge in [0.15, 0.2) is 0 Å². The molecule has 7 aromatic rings. The average Bonchev–Trinajstić information content (AvgIpc) is 3.49. The van der Waals surface area contributed by atoms with Crippen LogP contribution in [0.2, 0.25) is 10.0 Å². The van der Waals surface area contributed by atoms with Gasteiger partial charge in [-0.3, -0.25) is 14.6 Å². The van der Waals surface area contributed by atoms with Crippen LogP contribution in [0.4, 0.5) is 17.1 Å². The van der Waals surface area contributed by atoms with Gasteiger partial charge in [-0.15, -0.1) is 0 Å². The van der Waals surface area contributed by atoms with E-state index in [0.29, 0.717) is 29.0 Å². The molecule has 0 bridgehead atoms. The normalized spacial score (nSPS) is 13.0. The minimum absolute atomic E-state index is 0.428. The van der Waals surface area contributed by atoms with E-state index in [1.54, 1.807) is 0 Å². The number of halogens is 2. The quantitative estimate of drug-likeness (QED) is 0.147. The first-order valence-electron chi connectivity index (χ1n) is 16.3. The highest BCUT2D eigenvalue weighted by Gasteiger charge is 2.29. The molecule has 1 aliphatic heterocycles. The Morgan fingerprint density at radius 3 is 2.30 bits per heavy atom. The summed E-state index contributed by atoms with van der Waals surface area (Å²) in [6.07, 6.45) is 1.99. The number of hydrogen-bond donors (Lipinski definition) is 0. The number of hydrogen-bond acceptors (Lipinski definition) is 4. The summed E-state index contributed by atoms with van der Waals surface area (Å²) in [5, 5.41) is 3.54. The molecular formula is C43H31Cl2N5. The van der Waals surface area contributed by atoms with E-state index in [0.717, 1.165) is 61.3 Å². The number of allylic oxidation sites excluding steroid dienone is 1. The number of benzene rings is 6. The molecule has 0 radical (unpaired) electrons. The zero-order valence-electron chi connectivity index (χ0n) is 27.1. The number of aromatic nitrogens is 1. The summed E-state index contributed by atoms with van der Waals surface area (Å²) in [5.41, 5.74) is 11.2. The van der Waals surface area contributed by atoms with E-state index in [2.05, 4.69) is 99.6 Å². The largest absolute Gasteiger partial charge is 0.335 e. The Kier molecular flexibility index (Phi) is 8.37. The number of anilines is 2. The molecule has 0 saturated heterocycles. The molecule has 0 saturated carbocycles. The second-order valence-electron chi connectivity index (χ2n) is 12.1. The van der Waals surface area contributed by atoms with Crippen molar-refractivity contribution in [3.63, 3.8) is 0 Å². The van der Waals surface area contributed by atoms with Crippen LogP contribution in [-0.4, -0.2) is 23.7 Å². The van der Waals surface area contributed by atoms with Crippen molar-refractivity contribution >= 4 is 87.0 Å². The topological polar surface area (TPSA) is 45.2 Å². The number of para-hydroxylation sites is 3. The molecule has 0 aliphatic carbocycles. The van der Waals surface area contributed by atoms with Gasteiger partial charge in [0.05, 0.1) is 40.4 Å². The Hall–Kier alpha value is -5.75. The van der Waals surface area contributed by atoms with Crippen LogP contribution in [0, 0.1) is 0 Å². The molecule has 242 valence electrons. The predicted octanol–water partition coefficient (Wildman–Crippen LogP) is 11.9. The molecule has 5 nitrogen and oxygen atoms in total. The molecule has 0 N–H and O–H groups in total. The highest BCUT2D eigenvalue weighted by molar-refractivity contribution is 6.31. The highest BCUT2D eigenvalue weighted by atomic mass is 35.5. The average molecular weight is 689 g/mol. The highest BCUT2D eigenvalue weighted by Crippen LogP contribution is 2.50. The summed E-state index contributed by atoms with van der Waals surface area (Å²) >= 11 is 12.8. The maximum absolute atomic E-state index is 6.49. The molecule has 7 heteroatoms. The zero-order chi connectivity index (χ0) is 34.2. The third-order valence-electron chi connectivity index (χ3n) is 9.16. The Bertz CT molecular complexity index is 2530. The van der Waals surface area contributed by atoms with Crippen LogP contribution >= 0.6 is 23.2 Å². The summed E-state index contributed by atoms with van der Waals surface area (Å²) in [5.74, 6) is 0.642. The van der Waals surface area contributed by atoms with Gasteiger partial charge in [-0.1, -0.05) is 102 Å². The molecule has 50 heavy (non-hydrogen) atoms. The number of aliphatic imine (C=N–C) groups is 3. The SMILES string of the molecule is C=N/C(=C\C(=NCc1cccc(Cl)c1)c1cccc(Cl)c1)n1c2ccccc2c2c3c(ccc21)N(c1ccccc1N=C)Cc1ccccc1-3. The standard InChI is InChI=1S/C43H31Cl2N5/c1-46-35-18-6-8-20-38(35)49-27-30-12-3-4-16-33(30)42-39(49)21-22-40-43(42)34-17-5-7-19-37(34)50(40)41(47-2)25-36(29-13-10-15-32(45)24-29)48-26-28-11-9-14-31(44)23-28/h3-25H,1-2,26-27H2/b41-25+,48-36?. The Morgan fingerprint density at radius 1 is 0.720 bits per heavy atom. The molecule has 1 aliphatic rings. The molecule has 0 fully saturated rings. The van der Waals surface area contributed by atoms with Crippen molar-refractivity contribution in [2.75, 3.05) is 4.90 Å². The van der Waals surface area contributed by atoms with E-state index in [1.165, 1.54) is 11.1 Å². The van der Waals surface area contributed by atoms with Crippen LogP contribution in [0.5, 0.6) is 0 Å². The number of rotatable bonds is 8. The minimum Gasteiger partial charge on any atom is -0.335 e. The Labute approximate surface area is 300 Å². The predicted molar refractivity (Wildman–Crippen MR) is 213 cm³/mol. The maximum Gasteiger partial charge on any atom is 0.138 e. The van der Waals surface area contributed by atoms with Crippen LogP contribution < -0.4 is 4.90 Å². The van der Waals surface area contributed by atoms with Crippen molar-refractivity contribution in [1.82, 2.24) is 4.57 Å². The van der Waals surface area contributed by atoms with Crippen LogP contribution in [0.1, 0.15) is 16.7 Å². The summed E-state index contributed by atoms with van der Waals surface area (Å²) in [6.45, 7) is 9.07. The summed E-state index contributed by atoms with van der Waals surface area (Å²) in [6, 6.07) is 45.1. The monoisotopic (exact) mass is 687 g/mol. The lowest BCUT2D eigenvalue weighted by Crippen LogP contribution is -2.21. The summed E-state index contributed by atoms with van der Waals surface area (Å²) in [7, 11) is 0. The van der Waals surface area contributed by atoms with Crippen LogP contribution in [0.3, 0.4) is 0 Å². The molecule has 6 aromatic carbocycles. The molecule has 0 spiro atoms. The first kappa shape index (κ1) is 31.5. The lowest BCUT2D eigenvalue weighted by molar-refractivity contribution is 0.963. The lowest BCUT2D eigenvalue weighted by Gasteiger charge is -2.34. The molecular weight excluding hydrogens is 657 g/mol. The lowest BCUT2D eigenvalue weighted by atomic mass is 9.89. The summed E-state index contributed by atoms with van der Waals surface area (Å²) < 4.78 is 2.18. The van der Waals surface area contributed by atoms with Gasteiger partial charge in [-0.05, 0) is 84.7 Å². The van der Waals surface area contributed by atoms with E-state index in [4.69, 9.17) is 28.2 Å². The second kappa shape index (κ2) is 13.3. The fourth-order valence-electron chi connectivity index (χ4n) is 6.98. The van der Waals surface area contributed by atoms with E-state index in [-0.39, 0.29) is 0 Å². The first-order valence-corrected chi connectivity index (χ1v) is 17.0.